The van der Waals surface area contributed by atoms with Gasteiger partial charge in [-0.2, -0.15) is 0 Å². The van der Waals surface area contributed by atoms with E-state index in [-0.39, 0.29) is 10.8 Å². The summed E-state index contributed by atoms with van der Waals surface area (Å²) in [7, 11) is -3.69. The molecule has 0 unspecified atom stereocenters. The van der Waals surface area contributed by atoms with Gasteiger partial charge in [0.25, 0.3) is 0 Å². The van der Waals surface area contributed by atoms with E-state index in [1.165, 1.54) is 12.1 Å². The molecule has 0 heterocycles. The summed E-state index contributed by atoms with van der Waals surface area (Å²) in [5.41, 5.74) is 0.864. The van der Waals surface area contributed by atoms with Crippen molar-refractivity contribution in [3.05, 3.63) is 54.1 Å². The summed E-state index contributed by atoms with van der Waals surface area (Å²) in [5.74, 6) is 1.40. The van der Waals surface area contributed by atoms with Crippen molar-refractivity contribution in [1.82, 2.24) is 5.32 Å². The van der Waals surface area contributed by atoms with Gasteiger partial charge in [0.2, 0.25) is 15.9 Å². The Bertz CT molecular complexity index is 833. The van der Waals surface area contributed by atoms with Gasteiger partial charge in [0.1, 0.15) is 18.1 Å². The lowest BCUT2D eigenvalue weighted by atomic mass is 10.1. The summed E-state index contributed by atoms with van der Waals surface area (Å²) in [4.78, 5) is 11.9. The van der Waals surface area contributed by atoms with E-state index in [1.807, 2.05) is 31.2 Å². The fraction of sp³-hybridized carbons (Fsp3) is 0.316. The van der Waals surface area contributed by atoms with E-state index in [4.69, 9.17) is 14.6 Å². The Labute approximate surface area is 159 Å². The van der Waals surface area contributed by atoms with Crippen LogP contribution in [0.15, 0.2) is 53.4 Å². The molecule has 0 bridgehead atoms. The number of hydrogen-bond donors (Lipinski definition) is 2. The fourth-order valence-corrected chi connectivity index (χ4v) is 2.87. The second-order valence-electron chi connectivity index (χ2n) is 5.79. The molecule has 8 heteroatoms. The van der Waals surface area contributed by atoms with E-state index in [9.17, 15) is 13.2 Å². The van der Waals surface area contributed by atoms with E-state index in [2.05, 4.69) is 5.32 Å². The second-order valence-corrected chi connectivity index (χ2v) is 7.35. The Morgan fingerprint density at radius 2 is 1.59 bits per heavy atom. The highest BCUT2D eigenvalue weighted by Crippen LogP contribution is 2.17. The second kappa shape index (κ2) is 9.94. The van der Waals surface area contributed by atoms with Crippen LogP contribution in [0.4, 0.5) is 0 Å². The van der Waals surface area contributed by atoms with Gasteiger partial charge in [-0.25, -0.2) is 13.6 Å². The molecule has 27 heavy (non-hydrogen) atoms. The number of primary sulfonamides is 1. The Morgan fingerprint density at radius 3 is 2.15 bits per heavy atom. The van der Waals surface area contributed by atoms with Crippen LogP contribution >= 0.6 is 0 Å². The maximum atomic E-state index is 11.9. The molecule has 7 nitrogen and oxygen atoms in total. The summed E-state index contributed by atoms with van der Waals surface area (Å²) < 4.78 is 33.3. The number of ether oxygens (including phenoxy) is 2. The lowest BCUT2D eigenvalue weighted by molar-refractivity contribution is -0.121. The first-order valence-corrected chi connectivity index (χ1v) is 10.2. The molecule has 0 aliphatic carbocycles. The van der Waals surface area contributed by atoms with Gasteiger partial charge in [-0.05, 0) is 55.3 Å². The van der Waals surface area contributed by atoms with Crippen molar-refractivity contribution >= 4 is 15.9 Å². The fourth-order valence-electron chi connectivity index (χ4n) is 2.35. The molecule has 0 spiro atoms. The third-order valence-corrected chi connectivity index (χ3v) is 4.65. The summed E-state index contributed by atoms with van der Waals surface area (Å²) in [6.45, 7) is 3.30. The van der Waals surface area contributed by atoms with Gasteiger partial charge in [-0.1, -0.05) is 12.1 Å². The Morgan fingerprint density at radius 1 is 1.00 bits per heavy atom. The van der Waals surface area contributed by atoms with Gasteiger partial charge in [-0.15, -0.1) is 0 Å². The summed E-state index contributed by atoms with van der Waals surface area (Å²) in [6, 6.07) is 13.5. The number of nitrogens with two attached hydrogens (primary N) is 1. The average molecular weight is 392 g/mol. The first kappa shape index (κ1) is 20.7. The third-order valence-electron chi connectivity index (χ3n) is 3.72. The van der Waals surface area contributed by atoms with Crippen molar-refractivity contribution in [2.24, 2.45) is 5.14 Å². The number of hydrogen-bond acceptors (Lipinski definition) is 5. The normalized spacial score (nSPS) is 11.0. The standard InChI is InChI=1S/C19H24N2O5S/c1-2-25-16-6-8-17(9-7-16)26-14-13-21-19(22)12-5-15-3-10-18(11-4-15)27(20,23)24/h3-4,6-11H,2,5,12-14H2,1H3,(H,21,22)(H2,20,23,24). The van der Waals surface area contributed by atoms with Gasteiger partial charge in [0.15, 0.2) is 0 Å². The molecule has 0 aliphatic heterocycles. The zero-order valence-corrected chi connectivity index (χ0v) is 16.0. The van der Waals surface area contributed by atoms with Crippen molar-refractivity contribution in [3.63, 3.8) is 0 Å². The SMILES string of the molecule is CCOc1ccc(OCCNC(=O)CCc2ccc(S(N)(=O)=O)cc2)cc1. The highest BCUT2D eigenvalue weighted by molar-refractivity contribution is 7.89. The van der Waals surface area contributed by atoms with E-state index < -0.39 is 10.0 Å². The molecule has 0 fully saturated rings. The van der Waals surface area contributed by atoms with Crippen LogP contribution in [0.3, 0.4) is 0 Å². The van der Waals surface area contributed by atoms with Crippen LogP contribution in [0.25, 0.3) is 0 Å². The number of carbonyl (C=O) groups is 1. The minimum Gasteiger partial charge on any atom is -0.494 e. The number of nitrogens with one attached hydrogen (secondary N) is 1. The van der Waals surface area contributed by atoms with Crippen molar-refractivity contribution in [2.45, 2.75) is 24.7 Å². The van der Waals surface area contributed by atoms with Gasteiger partial charge >= 0.3 is 0 Å². The molecule has 3 N–H and O–H groups in total. The van der Waals surface area contributed by atoms with Crippen molar-refractivity contribution in [2.75, 3.05) is 19.8 Å². The first-order chi connectivity index (χ1) is 12.9. The van der Waals surface area contributed by atoms with Crippen LogP contribution in [-0.4, -0.2) is 34.1 Å². The summed E-state index contributed by atoms with van der Waals surface area (Å²) in [5, 5.41) is 7.84. The molecule has 0 aliphatic rings. The molecule has 0 atom stereocenters. The predicted octanol–water partition coefficient (Wildman–Crippen LogP) is 1.86. The molecule has 2 rings (SSSR count). The number of carbonyl (C=O) groups excluding carboxylic acids is 1. The van der Waals surface area contributed by atoms with Crippen molar-refractivity contribution in [1.29, 1.82) is 0 Å². The minimum absolute atomic E-state index is 0.0575. The Hall–Kier alpha value is -2.58. The molecule has 0 aromatic heterocycles. The maximum Gasteiger partial charge on any atom is 0.238 e. The van der Waals surface area contributed by atoms with Crippen LogP contribution < -0.4 is 19.9 Å². The highest BCUT2D eigenvalue weighted by atomic mass is 32.2. The van der Waals surface area contributed by atoms with Crippen molar-refractivity contribution in [3.8, 4) is 11.5 Å². The molecule has 1 amide bonds. The average Bonchev–Trinajstić information content (AvgIpc) is 2.65. The number of benzene rings is 2. The van der Waals surface area contributed by atoms with E-state index in [0.717, 1.165) is 11.3 Å². The molecule has 2 aromatic rings. The third kappa shape index (κ3) is 7.28. The molecule has 0 saturated carbocycles. The first-order valence-electron chi connectivity index (χ1n) is 8.62. The number of rotatable bonds is 10. The highest BCUT2D eigenvalue weighted by Gasteiger charge is 2.07. The molecule has 2 aromatic carbocycles. The topological polar surface area (TPSA) is 108 Å². The van der Waals surface area contributed by atoms with Gasteiger partial charge in [-0.3, -0.25) is 4.79 Å². The van der Waals surface area contributed by atoms with E-state index in [0.29, 0.717) is 38.3 Å². The van der Waals surface area contributed by atoms with Gasteiger partial charge in [0, 0.05) is 6.42 Å². The number of amides is 1. The van der Waals surface area contributed by atoms with Gasteiger partial charge in [0.05, 0.1) is 18.0 Å². The van der Waals surface area contributed by atoms with Crippen LogP contribution in [0.1, 0.15) is 18.9 Å². The largest absolute Gasteiger partial charge is 0.494 e. The zero-order valence-electron chi connectivity index (χ0n) is 15.2. The lowest BCUT2D eigenvalue weighted by Crippen LogP contribution is -2.28. The Balaban J connectivity index is 1.66. The van der Waals surface area contributed by atoms with Crippen molar-refractivity contribution < 1.29 is 22.7 Å². The molecule has 0 saturated heterocycles. The van der Waals surface area contributed by atoms with Crippen LogP contribution in [0, 0.1) is 0 Å². The van der Waals surface area contributed by atoms with Gasteiger partial charge < -0.3 is 14.8 Å². The maximum absolute atomic E-state index is 11.9. The minimum atomic E-state index is -3.69. The lowest BCUT2D eigenvalue weighted by Gasteiger charge is -2.09. The monoisotopic (exact) mass is 392 g/mol. The van der Waals surface area contributed by atoms with E-state index in [1.54, 1.807) is 12.1 Å². The van der Waals surface area contributed by atoms with Crippen LogP contribution in [0.2, 0.25) is 0 Å². The molecule has 0 radical (unpaired) electrons. The summed E-state index contributed by atoms with van der Waals surface area (Å²) >= 11 is 0. The molecular formula is C19H24N2O5S. The molecule has 146 valence electrons. The number of sulfonamides is 1. The zero-order chi connectivity index (χ0) is 19.7. The number of aryl methyl sites for hydroxylation is 1. The van der Waals surface area contributed by atoms with E-state index >= 15 is 0 Å². The summed E-state index contributed by atoms with van der Waals surface area (Å²) in [6.07, 6.45) is 0.814. The quantitative estimate of drug-likeness (QED) is 0.600. The smallest absolute Gasteiger partial charge is 0.238 e. The van der Waals surface area contributed by atoms with Crippen LogP contribution in [0.5, 0.6) is 11.5 Å². The predicted molar refractivity (Wildman–Crippen MR) is 102 cm³/mol. The Kier molecular flexibility index (Phi) is 7.63. The van der Waals surface area contributed by atoms with Crippen LogP contribution in [-0.2, 0) is 21.2 Å². The molecular weight excluding hydrogens is 368 g/mol.